The maximum absolute atomic E-state index is 9.15. The molecule has 5 nitrogen and oxygen atoms in total. The molecule has 0 spiro atoms. The predicted octanol–water partition coefficient (Wildman–Crippen LogP) is 2.31. The molecule has 106 valence electrons. The number of aliphatic hydroxyl groups excluding tert-OH is 1. The topological polar surface area (TPSA) is 62.4 Å². The Morgan fingerprint density at radius 1 is 1.45 bits per heavy atom. The van der Waals surface area contributed by atoms with Crippen molar-refractivity contribution in [2.24, 2.45) is 5.92 Å². The molecule has 1 aliphatic heterocycles. The van der Waals surface area contributed by atoms with E-state index in [0.29, 0.717) is 24.2 Å². The lowest BCUT2D eigenvalue weighted by Crippen LogP contribution is -2.21. The lowest BCUT2D eigenvalue weighted by atomic mass is 10.1. The zero-order chi connectivity index (χ0) is 13.9. The number of rotatable bonds is 4. The van der Waals surface area contributed by atoms with Crippen LogP contribution in [0.4, 0.5) is 0 Å². The van der Waals surface area contributed by atoms with E-state index in [1.165, 1.54) is 0 Å². The van der Waals surface area contributed by atoms with Gasteiger partial charge in [-0.05, 0) is 31.0 Å². The Labute approximate surface area is 125 Å². The van der Waals surface area contributed by atoms with Crippen LogP contribution in [-0.2, 0) is 6.54 Å². The van der Waals surface area contributed by atoms with Crippen LogP contribution < -0.4 is 0 Å². The first kappa shape index (κ1) is 13.7. The van der Waals surface area contributed by atoms with E-state index in [-0.39, 0.29) is 6.61 Å². The molecular formula is C14H16BrN3O2. The van der Waals surface area contributed by atoms with Gasteiger partial charge in [-0.25, -0.2) is 0 Å². The molecule has 0 radical (unpaired) electrons. The second kappa shape index (κ2) is 6.03. The SMILES string of the molecule is OCC1CCN(Cc2nc(-c3cccc(Br)c3)no2)C1. The van der Waals surface area contributed by atoms with Crippen LogP contribution >= 0.6 is 15.9 Å². The minimum absolute atomic E-state index is 0.254. The van der Waals surface area contributed by atoms with Crippen LogP contribution in [0.1, 0.15) is 12.3 Å². The van der Waals surface area contributed by atoms with E-state index in [1.807, 2.05) is 24.3 Å². The van der Waals surface area contributed by atoms with Gasteiger partial charge in [-0.3, -0.25) is 4.90 Å². The largest absolute Gasteiger partial charge is 0.396 e. The van der Waals surface area contributed by atoms with Crippen molar-refractivity contribution in [3.63, 3.8) is 0 Å². The molecule has 3 rings (SSSR count). The standard InChI is InChI=1S/C14H16BrN3O2/c15-12-3-1-2-11(6-12)14-16-13(20-17-14)8-18-5-4-10(7-18)9-19/h1-3,6,10,19H,4-5,7-9H2. The van der Waals surface area contributed by atoms with E-state index in [0.717, 1.165) is 29.5 Å². The minimum atomic E-state index is 0.254. The summed E-state index contributed by atoms with van der Waals surface area (Å²) >= 11 is 3.43. The highest BCUT2D eigenvalue weighted by molar-refractivity contribution is 9.10. The summed E-state index contributed by atoms with van der Waals surface area (Å²) in [4.78, 5) is 6.67. The second-order valence-corrected chi connectivity index (χ2v) is 6.01. The molecule has 1 aromatic heterocycles. The molecule has 0 amide bonds. The molecule has 1 aliphatic rings. The zero-order valence-electron chi connectivity index (χ0n) is 11.0. The van der Waals surface area contributed by atoms with Gasteiger partial charge < -0.3 is 9.63 Å². The number of halogens is 1. The summed E-state index contributed by atoms with van der Waals surface area (Å²) in [6.45, 7) is 2.77. The van der Waals surface area contributed by atoms with E-state index in [4.69, 9.17) is 9.63 Å². The Morgan fingerprint density at radius 2 is 2.35 bits per heavy atom. The van der Waals surface area contributed by atoms with Crippen molar-refractivity contribution in [3.05, 3.63) is 34.6 Å². The van der Waals surface area contributed by atoms with Crippen LogP contribution in [0.2, 0.25) is 0 Å². The fraction of sp³-hybridized carbons (Fsp3) is 0.429. The van der Waals surface area contributed by atoms with Crippen molar-refractivity contribution < 1.29 is 9.63 Å². The maximum Gasteiger partial charge on any atom is 0.241 e. The molecule has 6 heteroatoms. The molecule has 1 fully saturated rings. The van der Waals surface area contributed by atoms with E-state index >= 15 is 0 Å². The molecule has 1 aromatic carbocycles. The molecule has 0 saturated carbocycles. The Kier molecular flexibility index (Phi) is 4.14. The first-order valence-corrected chi connectivity index (χ1v) is 7.45. The van der Waals surface area contributed by atoms with Crippen LogP contribution in [0.5, 0.6) is 0 Å². The third-order valence-electron chi connectivity index (χ3n) is 3.54. The summed E-state index contributed by atoms with van der Waals surface area (Å²) in [6, 6.07) is 7.83. The number of hydrogen-bond donors (Lipinski definition) is 1. The van der Waals surface area contributed by atoms with Crippen molar-refractivity contribution in [1.29, 1.82) is 0 Å². The molecule has 1 unspecified atom stereocenters. The summed E-state index contributed by atoms with van der Waals surface area (Å²) in [5, 5.41) is 13.2. The van der Waals surface area contributed by atoms with Gasteiger partial charge in [0, 0.05) is 23.2 Å². The summed E-state index contributed by atoms with van der Waals surface area (Å²) in [5.74, 6) is 1.61. The van der Waals surface area contributed by atoms with Gasteiger partial charge in [0.25, 0.3) is 0 Å². The molecule has 2 aromatic rings. The Morgan fingerprint density at radius 3 is 3.10 bits per heavy atom. The minimum Gasteiger partial charge on any atom is -0.396 e. The van der Waals surface area contributed by atoms with Gasteiger partial charge in [0.15, 0.2) is 0 Å². The van der Waals surface area contributed by atoms with E-state index in [9.17, 15) is 0 Å². The first-order valence-electron chi connectivity index (χ1n) is 6.66. The quantitative estimate of drug-likeness (QED) is 0.927. The molecule has 0 bridgehead atoms. The Balaban J connectivity index is 1.68. The van der Waals surface area contributed by atoms with E-state index < -0.39 is 0 Å². The lowest BCUT2D eigenvalue weighted by molar-refractivity contribution is 0.211. The monoisotopic (exact) mass is 337 g/mol. The summed E-state index contributed by atoms with van der Waals surface area (Å²) in [7, 11) is 0. The van der Waals surface area contributed by atoms with Crippen molar-refractivity contribution in [3.8, 4) is 11.4 Å². The molecule has 1 saturated heterocycles. The smallest absolute Gasteiger partial charge is 0.241 e. The van der Waals surface area contributed by atoms with Crippen LogP contribution in [0.25, 0.3) is 11.4 Å². The molecule has 1 atom stereocenters. The van der Waals surface area contributed by atoms with Gasteiger partial charge in [0.05, 0.1) is 6.54 Å². The van der Waals surface area contributed by atoms with Crippen molar-refractivity contribution in [2.45, 2.75) is 13.0 Å². The fourth-order valence-electron chi connectivity index (χ4n) is 2.46. The third kappa shape index (κ3) is 3.08. The highest BCUT2D eigenvalue weighted by Gasteiger charge is 2.23. The van der Waals surface area contributed by atoms with Crippen LogP contribution in [-0.4, -0.2) is 39.8 Å². The van der Waals surface area contributed by atoms with Crippen molar-refractivity contribution >= 4 is 15.9 Å². The maximum atomic E-state index is 9.15. The van der Waals surface area contributed by atoms with Gasteiger partial charge >= 0.3 is 0 Å². The Bertz CT molecular complexity index is 587. The predicted molar refractivity (Wildman–Crippen MR) is 77.9 cm³/mol. The highest BCUT2D eigenvalue weighted by Crippen LogP contribution is 2.22. The number of aliphatic hydroxyl groups is 1. The summed E-state index contributed by atoms with van der Waals surface area (Å²) in [6.07, 6.45) is 1.03. The number of nitrogens with zero attached hydrogens (tertiary/aromatic N) is 3. The average Bonchev–Trinajstić information content (AvgIpc) is 3.08. The van der Waals surface area contributed by atoms with Crippen molar-refractivity contribution in [1.82, 2.24) is 15.0 Å². The first-order chi connectivity index (χ1) is 9.74. The molecule has 20 heavy (non-hydrogen) atoms. The lowest BCUT2D eigenvalue weighted by Gasteiger charge is -2.11. The van der Waals surface area contributed by atoms with Crippen LogP contribution in [0.15, 0.2) is 33.3 Å². The normalized spacial score (nSPS) is 19.6. The van der Waals surface area contributed by atoms with Crippen LogP contribution in [0.3, 0.4) is 0 Å². The summed E-state index contributed by atoms with van der Waals surface area (Å²) < 4.78 is 6.30. The van der Waals surface area contributed by atoms with Crippen molar-refractivity contribution in [2.75, 3.05) is 19.7 Å². The number of hydrogen-bond acceptors (Lipinski definition) is 5. The van der Waals surface area contributed by atoms with Gasteiger partial charge in [0.1, 0.15) is 0 Å². The Hall–Kier alpha value is -1.24. The van der Waals surface area contributed by atoms with Crippen LogP contribution in [0, 0.1) is 5.92 Å². The van der Waals surface area contributed by atoms with Gasteiger partial charge in [-0.2, -0.15) is 4.98 Å². The average molecular weight is 338 g/mol. The van der Waals surface area contributed by atoms with E-state index in [1.54, 1.807) is 0 Å². The number of aromatic nitrogens is 2. The number of likely N-dealkylation sites (tertiary alicyclic amines) is 1. The third-order valence-corrected chi connectivity index (χ3v) is 4.03. The van der Waals surface area contributed by atoms with Gasteiger partial charge in [-0.1, -0.05) is 33.2 Å². The molecular weight excluding hydrogens is 322 g/mol. The second-order valence-electron chi connectivity index (χ2n) is 5.09. The fourth-order valence-corrected chi connectivity index (χ4v) is 2.86. The highest BCUT2D eigenvalue weighted by atomic mass is 79.9. The zero-order valence-corrected chi connectivity index (χ0v) is 12.6. The van der Waals surface area contributed by atoms with Gasteiger partial charge in [-0.15, -0.1) is 0 Å². The summed E-state index contributed by atoms with van der Waals surface area (Å²) in [5.41, 5.74) is 0.934. The molecule has 0 aliphatic carbocycles. The molecule has 1 N–H and O–H groups in total. The van der Waals surface area contributed by atoms with Gasteiger partial charge in [0.2, 0.25) is 11.7 Å². The number of benzene rings is 1. The molecule has 2 heterocycles. The van der Waals surface area contributed by atoms with E-state index in [2.05, 4.69) is 31.0 Å².